The van der Waals surface area contributed by atoms with E-state index in [1.165, 1.54) is 51.4 Å². The van der Waals surface area contributed by atoms with Crippen molar-refractivity contribution in [3.8, 4) is 0 Å². The van der Waals surface area contributed by atoms with Gasteiger partial charge in [0, 0.05) is 0 Å². The topological polar surface area (TPSA) is 0 Å². The molecule has 0 fully saturated rings. The molecule has 0 nitrogen and oxygen atoms in total. The maximum atomic E-state index is 5.20. The molecule has 0 unspecified atom stereocenters. The molecule has 0 heterocycles. The molecule has 0 atom stereocenters. The van der Waals surface area contributed by atoms with Gasteiger partial charge in [0.2, 0.25) is 0 Å². The normalized spacial score (nSPS) is 11.4. The smallest absolute Gasteiger partial charge is 0.786 e. The number of hydrogen-bond donors (Lipinski definition) is 0. The van der Waals surface area contributed by atoms with E-state index in [1.54, 1.807) is 0 Å². The third-order valence-electron chi connectivity index (χ3n) is 2.76. The van der Waals surface area contributed by atoms with Crippen LogP contribution in [0.25, 0.3) is 0 Å². The molecule has 0 aliphatic carbocycles. The average molecular weight is 486 g/mol. The summed E-state index contributed by atoms with van der Waals surface area (Å²) >= 11 is 10.4. The Kier molecular flexibility index (Phi) is 19.1. The first kappa shape index (κ1) is 25.3. The first-order valence-corrected chi connectivity index (χ1v) is 8.35. The van der Waals surface area contributed by atoms with E-state index >= 15 is 0 Å². The van der Waals surface area contributed by atoms with Crippen LogP contribution in [-0.4, -0.2) is 9.49 Å². The summed E-state index contributed by atoms with van der Waals surface area (Å²) in [5.74, 6) is 0. The first-order valence-electron chi connectivity index (χ1n) is 7.53. The van der Waals surface area contributed by atoms with Crippen LogP contribution in [-0.2, 0) is 46.3 Å². The van der Waals surface area contributed by atoms with E-state index < -0.39 is 0 Å². The van der Waals surface area contributed by atoms with Crippen molar-refractivity contribution in [2.45, 2.75) is 102 Å². The van der Waals surface area contributed by atoms with Gasteiger partial charge in [-0.25, -0.2) is 0 Å². The molecule has 0 bridgehead atoms. The van der Waals surface area contributed by atoms with Crippen molar-refractivity contribution >= 4 is 25.3 Å². The van der Waals surface area contributed by atoms with Crippen LogP contribution in [0.5, 0.6) is 0 Å². The molecule has 0 rings (SSSR count). The predicted octanol–water partition coefficient (Wildman–Crippen LogP) is 5.78. The molecule has 0 aromatic carbocycles. The molecule has 0 amide bonds. The molecule has 3 heteroatoms. The summed E-state index contributed by atoms with van der Waals surface area (Å²) in [5.41, 5.74) is 0. The Labute approximate surface area is 148 Å². The molecule has 120 valence electrons. The molecule has 0 aliphatic rings. The molecule has 0 aromatic heterocycles. The summed E-state index contributed by atoms with van der Waals surface area (Å²) < 4.78 is 0.268. The summed E-state index contributed by atoms with van der Waals surface area (Å²) in [7, 11) is 0. The van der Waals surface area contributed by atoms with Gasteiger partial charge in [-0.2, -0.15) is 9.49 Å². The zero-order valence-electron chi connectivity index (χ0n) is 13.8. The molecule has 0 aliphatic heterocycles. The van der Waals surface area contributed by atoms with E-state index in [1.807, 2.05) is 0 Å². The van der Waals surface area contributed by atoms with Gasteiger partial charge >= 0.3 is 21.1 Å². The Balaban J connectivity index is -0.000000256. The van der Waals surface area contributed by atoms with Gasteiger partial charge in [-0.1, -0.05) is 92.9 Å². The van der Waals surface area contributed by atoms with Crippen molar-refractivity contribution in [1.29, 1.82) is 0 Å². The molecule has 0 aromatic rings. The van der Waals surface area contributed by atoms with Crippen LogP contribution in [0.2, 0.25) is 0 Å². The van der Waals surface area contributed by atoms with Crippen LogP contribution < -0.4 is 0 Å². The minimum Gasteiger partial charge on any atom is -0.786 e. The van der Waals surface area contributed by atoms with Crippen LogP contribution in [0.1, 0.15) is 92.9 Å². The second kappa shape index (κ2) is 14.3. The first-order chi connectivity index (χ1) is 8.12. The quantitative estimate of drug-likeness (QED) is 0.316. The minimum absolute atomic E-state index is 0. The number of rotatable bonds is 8. The van der Waals surface area contributed by atoms with E-state index in [0.29, 0.717) is 0 Å². The van der Waals surface area contributed by atoms with E-state index in [0.717, 1.165) is 0 Å². The fraction of sp³-hybridized carbons (Fsp3) is 1.00. The Hall–Kier alpha value is 1.39. The zero-order chi connectivity index (χ0) is 14.7. The largest absolute Gasteiger partial charge is 2.00 e. The maximum Gasteiger partial charge on any atom is 2.00 e. The molecule has 0 spiro atoms. The second-order valence-electron chi connectivity index (χ2n) is 6.43. The second-order valence-corrected chi connectivity index (χ2v) is 8.64. The van der Waals surface area contributed by atoms with Crippen molar-refractivity contribution in [2.24, 2.45) is 0 Å². The molecule has 0 saturated heterocycles. The zero-order valence-corrected chi connectivity index (χ0v) is 17.7. The minimum atomic E-state index is 0. The van der Waals surface area contributed by atoms with E-state index in [4.69, 9.17) is 25.3 Å². The van der Waals surface area contributed by atoms with Crippen molar-refractivity contribution in [3.05, 3.63) is 0 Å². The van der Waals surface area contributed by atoms with Crippen LogP contribution in [0.4, 0.5) is 0 Å². The van der Waals surface area contributed by atoms with Crippen LogP contribution in [0.15, 0.2) is 0 Å². The fourth-order valence-corrected chi connectivity index (χ4v) is 1.89. The Bertz CT molecular complexity index is 149. The summed E-state index contributed by atoms with van der Waals surface area (Å²) in [4.78, 5) is 0. The molecular weight excluding hydrogens is 451 g/mol. The maximum absolute atomic E-state index is 5.20. The van der Waals surface area contributed by atoms with E-state index in [9.17, 15) is 0 Å². The Morgan fingerprint density at radius 2 is 0.895 bits per heavy atom. The molecule has 0 radical (unpaired) electrons. The van der Waals surface area contributed by atoms with Crippen LogP contribution in [0, 0.1) is 0 Å². The van der Waals surface area contributed by atoms with Gasteiger partial charge in [-0.15, -0.1) is 0 Å². The summed E-state index contributed by atoms with van der Waals surface area (Å²) in [6.45, 7) is 12.9. The van der Waals surface area contributed by atoms with Gasteiger partial charge in [0.05, 0.1) is 0 Å². The third-order valence-corrected chi connectivity index (χ3v) is 3.17. The molecule has 19 heavy (non-hydrogen) atoms. The van der Waals surface area contributed by atoms with Crippen LogP contribution in [0.3, 0.4) is 0 Å². The average Bonchev–Trinajstić information content (AvgIpc) is 2.16. The van der Waals surface area contributed by atoms with Crippen molar-refractivity contribution in [2.75, 3.05) is 0 Å². The van der Waals surface area contributed by atoms with E-state index in [2.05, 4.69) is 41.5 Å². The van der Waals surface area contributed by atoms with E-state index in [-0.39, 0.29) is 30.6 Å². The standard InChI is InChI=1S/2C8H18S.Pt/c2*1-4-5-6-7-8(2,3)9;/h2*9H,4-7H2,1-3H3;/q;;+2/p-2. The predicted molar refractivity (Wildman–Crippen MR) is 91.2 cm³/mol. The number of hydrogen-bond acceptors (Lipinski definition) is 2. The van der Waals surface area contributed by atoms with Gasteiger partial charge in [0.25, 0.3) is 0 Å². The van der Waals surface area contributed by atoms with Crippen molar-refractivity contribution in [3.63, 3.8) is 0 Å². The van der Waals surface area contributed by atoms with Gasteiger partial charge in [0.1, 0.15) is 0 Å². The fourth-order valence-electron chi connectivity index (χ4n) is 1.60. The van der Waals surface area contributed by atoms with Gasteiger partial charge in [-0.05, 0) is 0 Å². The van der Waals surface area contributed by atoms with Crippen LogP contribution >= 0.6 is 0 Å². The SMILES string of the molecule is CCCCCC(C)(C)[S-].CCCCCC(C)(C)[S-].[Pt+2]. The summed E-state index contributed by atoms with van der Waals surface area (Å²) in [6.07, 6.45) is 10.2. The molecule has 0 saturated carbocycles. The molecular formula is C16H34PtS2. The van der Waals surface area contributed by atoms with Gasteiger partial charge < -0.3 is 25.3 Å². The summed E-state index contributed by atoms with van der Waals surface area (Å²) in [6, 6.07) is 0. The summed E-state index contributed by atoms with van der Waals surface area (Å²) in [5, 5.41) is 0. The Morgan fingerprint density at radius 1 is 0.632 bits per heavy atom. The number of unbranched alkanes of at least 4 members (excludes halogenated alkanes) is 4. The van der Waals surface area contributed by atoms with Crippen molar-refractivity contribution < 1.29 is 21.1 Å². The van der Waals surface area contributed by atoms with Gasteiger partial charge in [-0.3, -0.25) is 0 Å². The van der Waals surface area contributed by atoms with Gasteiger partial charge in [0.15, 0.2) is 0 Å². The Morgan fingerprint density at radius 3 is 1.05 bits per heavy atom. The molecule has 0 N–H and O–H groups in total. The monoisotopic (exact) mass is 485 g/mol. The third kappa shape index (κ3) is 32.7. The van der Waals surface area contributed by atoms with Crippen molar-refractivity contribution in [1.82, 2.24) is 0 Å².